The fourth-order valence-electron chi connectivity index (χ4n) is 3.63. The average Bonchev–Trinajstić information content (AvgIpc) is 3.06. The SMILES string of the molecule is CCCC[C@H](CC)C(=O)N(Cc1cccn1Cc1cccc(C)c1)C(C)C. The van der Waals surface area contributed by atoms with Gasteiger partial charge in [0.05, 0.1) is 6.54 Å². The molecule has 0 radical (unpaired) electrons. The minimum atomic E-state index is 0.146. The summed E-state index contributed by atoms with van der Waals surface area (Å²) < 4.78 is 2.27. The van der Waals surface area contributed by atoms with Crippen LogP contribution in [0.3, 0.4) is 0 Å². The summed E-state index contributed by atoms with van der Waals surface area (Å²) in [7, 11) is 0. The van der Waals surface area contributed by atoms with Gasteiger partial charge in [0.25, 0.3) is 0 Å². The van der Waals surface area contributed by atoms with Crippen LogP contribution in [0.1, 0.15) is 70.2 Å². The van der Waals surface area contributed by atoms with E-state index in [1.54, 1.807) is 0 Å². The van der Waals surface area contributed by atoms with Gasteiger partial charge in [-0.3, -0.25) is 4.79 Å². The molecule has 1 aromatic carbocycles. The predicted octanol–water partition coefficient (Wildman–Crippen LogP) is 5.80. The number of nitrogens with zero attached hydrogens (tertiary/aromatic N) is 2. The number of aryl methyl sites for hydroxylation is 1. The van der Waals surface area contributed by atoms with Gasteiger partial charge in [-0.2, -0.15) is 0 Å². The van der Waals surface area contributed by atoms with Crippen molar-refractivity contribution >= 4 is 5.91 Å². The van der Waals surface area contributed by atoms with Gasteiger partial charge in [-0.25, -0.2) is 0 Å². The Labute approximate surface area is 165 Å². The normalized spacial score (nSPS) is 12.4. The molecule has 3 heteroatoms. The lowest BCUT2D eigenvalue weighted by Crippen LogP contribution is -2.40. The third-order valence-electron chi connectivity index (χ3n) is 5.35. The van der Waals surface area contributed by atoms with Crippen molar-refractivity contribution in [2.24, 2.45) is 5.92 Å². The molecule has 148 valence electrons. The second kappa shape index (κ2) is 10.3. The largest absolute Gasteiger partial charge is 0.345 e. The van der Waals surface area contributed by atoms with Gasteiger partial charge < -0.3 is 9.47 Å². The molecule has 0 aliphatic heterocycles. The highest BCUT2D eigenvalue weighted by molar-refractivity contribution is 5.79. The molecule has 0 aliphatic rings. The Kier molecular flexibility index (Phi) is 8.15. The third-order valence-corrected chi connectivity index (χ3v) is 5.35. The van der Waals surface area contributed by atoms with E-state index in [1.165, 1.54) is 16.8 Å². The highest BCUT2D eigenvalue weighted by Crippen LogP contribution is 2.20. The van der Waals surface area contributed by atoms with Crippen LogP contribution < -0.4 is 0 Å². The van der Waals surface area contributed by atoms with Crippen molar-refractivity contribution in [2.45, 2.75) is 79.4 Å². The number of benzene rings is 1. The molecule has 0 saturated heterocycles. The van der Waals surface area contributed by atoms with E-state index in [4.69, 9.17) is 0 Å². The first-order chi connectivity index (χ1) is 13.0. The predicted molar refractivity (Wildman–Crippen MR) is 114 cm³/mol. The quantitative estimate of drug-likeness (QED) is 0.520. The molecule has 1 amide bonds. The average molecular weight is 369 g/mol. The Bertz CT molecular complexity index is 717. The number of carbonyl (C=O) groups excluding carboxylic acids is 1. The van der Waals surface area contributed by atoms with Crippen molar-refractivity contribution in [3.8, 4) is 0 Å². The Balaban J connectivity index is 2.15. The number of carbonyl (C=O) groups is 1. The van der Waals surface area contributed by atoms with Gasteiger partial charge in [0.15, 0.2) is 0 Å². The van der Waals surface area contributed by atoms with Crippen molar-refractivity contribution in [2.75, 3.05) is 0 Å². The molecule has 0 fully saturated rings. The smallest absolute Gasteiger partial charge is 0.226 e. The van der Waals surface area contributed by atoms with Crippen LogP contribution in [0.15, 0.2) is 42.6 Å². The Hall–Kier alpha value is -2.03. The van der Waals surface area contributed by atoms with Crippen molar-refractivity contribution < 1.29 is 4.79 Å². The van der Waals surface area contributed by atoms with E-state index >= 15 is 0 Å². The summed E-state index contributed by atoms with van der Waals surface area (Å²) in [5.74, 6) is 0.455. The van der Waals surface area contributed by atoms with Gasteiger partial charge in [-0.05, 0) is 51.3 Å². The van der Waals surface area contributed by atoms with Gasteiger partial charge in [0.1, 0.15) is 0 Å². The summed E-state index contributed by atoms with van der Waals surface area (Å²) in [6, 6.07) is 13.1. The van der Waals surface area contributed by atoms with Crippen LogP contribution in [0.4, 0.5) is 0 Å². The lowest BCUT2D eigenvalue weighted by molar-refractivity contribution is -0.138. The molecule has 1 aromatic heterocycles. The number of aromatic nitrogens is 1. The van der Waals surface area contributed by atoms with Crippen LogP contribution in [-0.2, 0) is 17.9 Å². The second-order valence-corrected chi connectivity index (χ2v) is 7.92. The molecule has 3 nitrogen and oxygen atoms in total. The number of rotatable bonds is 10. The molecular weight excluding hydrogens is 332 g/mol. The van der Waals surface area contributed by atoms with Gasteiger partial charge in [0, 0.05) is 30.4 Å². The molecule has 27 heavy (non-hydrogen) atoms. The van der Waals surface area contributed by atoms with E-state index in [1.807, 2.05) is 0 Å². The lowest BCUT2D eigenvalue weighted by Gasteiger charge is -2.31. The highest BCUT2D eigenvalue weighted by Gasteiger charge is 2.25. The van der Waals surface area contributed by atoms with E-state index in [0.717, 1.165) is 32.2 Å². The van der Waals surface area contributed by atoms with Crippen LogP contribution in [0.2, 0.25) is 0 Å². The minimum absolute atomic E-state index is 0.146. The summed E-state index contributed by atoms with van der Waals surface area (Å²) in [6.07, 6.45) is 6.31. The van der Waals surface area contributed by atoms with Gasteiger partial charge in [0.2, 0.25) is 5.91 Å². The molecule has 2 rings (SSSR count). The summed E-state index contributed by atoms with van der Waals surface area (Å²) in [5.41, 5.74) is 3.77. The first-order valence-electron chi connectivity index (χ1n) is 10.5. The molecule has 0 spiro atoms. The number of hydrogen-bond donors (Lipinski definition) is 0. The summed E-state index contributed by atoms with van der Waals surface area (Å²) in [6.45, 7) is 12.2. The van der Waals surface area contributed by atoms with Crippen LogP contribution >= 0.6 is 0 Å². The van der Waals surface area contributed by atoms with E-state index in [2.05, 4.69) is 86.7 Å². The van der Waals surface area contributed by atoms with E-state index < -0.39 is 0 Å². The Morgan fingerprint density at radius 3 is 2.56 bits per heavy atom. The van der Waals surface area contributed by atoms with Crippen LogP contribution in [-0.4, -0.2) is 21.4 Å². The zero-order valence-corrected chi connectivity index (χ0v) is 17.7. The van der Waals surface area contributed by atoms with E-state index in [-0.39, 0.29) is 12.0 Å². The molecule has 1 heterocycles. The van der Waals surface area contributed by atoms with Crippen LogP contribution in [0.5, 0.6) is 0 Å². The standard InChI is InChI=1S/C24H36N2O/c1-6-8-13-22(7-2)24(27)26(19(3)4)18-23-14-10-15-25(23)17-21-12-9-11-20(5)16-21/h9-12,14-16,19,22H,6-8,13,17-18H2,1-5H3/t22-/m0/s1. The summed E-state index contributed by atoms with van der Waals surface area (Å²) >= 11 is 0. The Morgan fingerprint density at radius 2 is 1.93 bits per heavy atom. The van der Waals surface area contributed by atoms with Gasteiger partial charge >= 0.3 is 0 Å². The molecule has 0 saturated carbocycles. The monoisotopic (exact) mass is 368 g/mol. The van der Waals surface area contributed by atoms with E-state index in [9.17, 15) is 4.79 Å². The summed E-state index contributed by atoms with van der Waals surface area (Å²) in [4.78, 5) is 15.2. The van der Waals surface area contributed by atoms with Crippen molar-refractivity contribution in [3.05, 3.63) is 59.4 Å². The maximum Gasteiger partial charge on any atom is 0.226 e. The molecule has 0 N–H and O–H groups in total. The van der Waals surface area contributed by atoms with Gasteiger partial charge in [-0.1, -0.05) is 56.5 Å². The zero-order valence-electron chi connectivity index (χ0n) is 17.7. The number of amides is 1. The molecule has 0 unspecified atom stereocenters. The van der Waals surface area contributed by atoms with Crippen molar-refractivity contribution in [3.63, 3.8) is 0 Å². The third kappa shape index (κ3) is 5.98. The summed E-state index contributed by atoms with van der Waals surface area (Å²) in [5, 5.41) is 0. The molecular formula is C24H36N2O. The van der Waals surface area contributed by atoms with Gasteiger partial charge in [-0.15, -0.1) is 0 Å². The number of unbranched alkanes of at least 4 members (excludes halogenated alkanes) is 1. The molecule has 0 bridgehead atoms. The topological polar surface area (TPSA) is 25.2 Å². The second-order valence-electron chi connectivity index (χ2n) is 7.92. The van der Waals surface area contributed by atoms with Crippen molar-refractivity contribution in [1.82, 2.24) is 9.47 Å². The fourth-order valence-corrected chi connectivity index (χ4v) is 3.63. The zero-order chi connectivity index (χ0) is 19.8. The Morgan fingerprint density at radius 1 is 1.15 bits per heavy atom. The maximum absolute atomic E-state index is 13.2. The first-order valence-corrected chi connectivity index (χ1v) is 10.5. The van der Waals surface area contributed by atoms with E-state index in [0.29, 0.717) is 12.5 Å². The first kappa shape index (κ1) is 21.3. The molecule has 2 aromatic rings. The minimum Gasteiger partial charge on any atom is -0.345 e. The lowest BCUT2D eigenvalue weighted by atomic mass is 9.97. The maximum atomic E-state index is 13.2. The highest BCUT2D eigenvalue weighted by atomic mass is 16.2. The molecule has 1 atom stereocenters. The van der Waals surface area contributed by atoms with Crippen molar-refractivity contribution in [1.29, 1.82) is 0 Å². The van der Waals surface area contributed by atoms with Crippen LogP contribution in [0, 0.1) is 12.8 Å². The van der Waals surface area contributed by atoms with Crippen LogP contribution in [0.25, 0.3) is 0 Å². The number of hydrogen-bond acceptors (Lipinski definition) is 1. The fraction of sp³-hybridized carbons (Fsp3) is 0.542. The molecule has 0 aliphatic carbocycles.